The zero-order valence-electron chi connectivity index (χ0n) is 58.7. The third kappa shape index (κ3) is 28.8. The Morgan fingerprint density at radius 1 is 0.505 bits per heavy atom. The number of aliphatic hydroxyl groups excluding tert-OH is 3. The van der Waals surface area contributed by atoms with Crippen molar-refractivity contribution in [1.82, 2.24) is 40.4 Å². The van der Waals surface area contributed by atoms with Gasteiger partial charge in [0.2, 0.25) is 17.7 Å². The van der Waals surface area contributed by atoms with E-state index >= 15 is 0 Å². The van der Waals surface area contributed by atoms with Gasteiger partial charge in [0, 0.05) is 52.4 Å². The number of likely N-dealkylation sites (tertiary alicyclic amines) is 4. The third-order valence-electron chi connectivity index (χ3n) is 16.5. The molecule has 0 bridgehead atoms. The van der Waals surface area contributed by atoms with Gasteiger partial charge in [0.1, 0.15) is 66.1 Å². The van der Waals surface area contributed by atoms with Crippen LogP contribution < -0.4 is 30.2 Å². The fourth-order valence-electron chi connectivity index (χ4n) is 11.5. The van der Waals surface area contributed by atoms with Crippen LogP contribution in [0, 0.1) is 0 Å². The summed E-state index contributed by atoms with van der Waals surface area (Å²) in [4.78, 5) is 73.2. The predicted octanol–water partition coefficient (Wildman–Crippen LogP) is 10.9. The van der Waals surface area contributed by atoms with Crippen molar-refractivity contribution in [2.24, 2.45) is 0 Å². The average Bonchev–Trinajstić information content (AvgIpc) is 1.80. The number of benzene rings is 5. The Balaban J connectivity index is 0.000000240. The summed E-state index contributed by atoms with van der Waals surface area (Å²) in [6.07, 6.45) is 7.93. The molecule has 5 aromatic carbocycles. The number of nitrogens with zero attached hydrogens (tertiary/aromatic N) is 5. The molecule has 4 aliphatic heterocycles. The lowest BCUT2D eigenvalue weighted by atomic mass is 10.0. The van der Waals surface area contributed by atoms with Crippen LogP contribution in [-0.2, 0) is 30.3 Å². The zero-order valence-corrected chi connectivity index (χ0v) is 61.1. The number of ether oxygens (including phenoxy) is 5. The monoisotopic (exact) mass is 1430 g/mol. The van der Waals surface area contributed by atoms with Gasteiger partial charge < -0.3 is 84.6 Å². The number of aliphatic hydroxyl groups is 3. The highest BCUT2D eigenvalue weighted by atomic mass is 35.5. The normalized spacial score (nSPS) is 15.8. The highest BCUT2D eigenvalue weighted by Crippen LogP contribution is 2.30. The lowest BCUT2D eigenvalue weighted by Crippen LogP contribution is -2.43. The number of aromatic hydroxyl groups is 1. The first-order chi connectivity index (χ1) is 46.9. The first kappa shape index (κ1) is 82.5. The number of carbonyl (C=O) groups excluding carboxylic acids is 5. The number of halogens is 3. The molecule has 4 saturated heterocycles. The van der Waals surface area contributed by atoms with Crippen molar-refractivity contribution in [2.45, 2.75) is 135 Å². The van der Waals surface area contributed by atoms with Crippen molar-refractivity contribution in [2.75, 3.05) is 119 Å². The Labute approximate surface area is 600 Å². The quantitative estimate of drug-likeness (QED) is 0.0286. The molecule has 9 rings (SSSR count). The highest BCUT2D eigenvalue weighted by molar-refractivity contribution is 6.42. The first-order valence-electron chi connectivity index (χ1n) is 34.0. The topological polar surface area (TPSA) is 265 Å². The maximum absolute atomic E-state index is 13.1. The van der Waals surface area contributed by atoms with Gasteiger partial charge in [-0.3, -0.25) is 14.4 Å². The molecule has 0 saturated carbocycles. The van der Waals surface area contributed by atoms with E-state index in [0.29, 0.717) is 71.5 Å². The van der Waals surface area contributed by atoms with E-state index in [9.17, 15) is 29.1 Å². The first-order valence-corrected chi connectivity index (χ1v) is 34.8. The van der Waals surface area contributed by atoms with Crippen molar-refractivity contribution in [3.63, 3.8) is 0 Å². The second kappa shape index (κ2) is 42.2. The van der Waals surface area contributed by atoms with Gasteiger partial charge in [-0.1, -0.05) is 77.8 Å². The van der Waals surface area contributed by atoms with Crippen LogP contribution in [0.15, 0.2) is 115 Å². The van der Waals surface area contributed by atoms with Gasteiger partial charge in [-0.25, -0.2) is 9.59 Å². The highest BCUT2D eigenvalue weighted by Gasteiger charge is 2.33. The van der Waals surface area contributed by atoms with Gasteiger partial charge in [-0.15, -0.1) is 12.4 Å². The minimum atomic E-state index is -0.816. The van der Waals surface area contributed by atoms with Gasteiger partial charge in [0.25, 0.3) is 0 Å². The summed E-state index contributed by atoms with van der Waals surface area (Å²) in [6.45, 7) is 20.6. The molecule has 25 heteroatoms. The zero-order chi connectivity index (χ0) is 71.2. The van der Waals surface area contributed by atoms with E-state index in [0.717, 1.165) is 68.7 Å². The lowest BCUT2D eigenvalue weighted by molar-refractivity contribution is -0.133. The Morgan fingerprint density at radius 3 is 1.24 bits per heavy atom. The van der Waals surface area contributed by atoms with E-state index in [1.165, 1.54) is 56.5 Å². The van der Waals surface area contributed by atoms with E-state index in [-0.39, 0.29) is 81.4 Å². The Kier molecular flexibility index (Phi) is 35.2. The van der Waals surface area contributed by atoms with E-state index in [4.69, 9.17) is 62.2 Å². The largest absolute Gasteiger partial charge is 0.508 e. The van der Waals surface area contributed by atoms with Crippen molar-refractivity contribution in [1.29, 1.82) is 0 Å². The van der Waals surface area contributed by atoms with E-state index in [1.54, 1.807) is 99.9 Å². The number of nitrogens with one attached hydrogen (secondary N) is 3. The van der Waals surface area contributed by atoms with E-state index in [1.807, 2.05) is 61.5 Å². The molecule has 4 heterocycles. The molecular weight excluding hydrogens is 1330 g/mol. The van der Waals surface area contributed by atoms with Crippen LogP contribution in [0.1, 0.15) is 145 Å². The van der Waals surface area contributed by atoms with Gasteiger partial charge in [-0.05, 0) is 215 Å². The van der Waals surface area contributed by atoms with Gasteiger partial charge in [0.15, 0.2) is 0 Å². The molecule has 0 aliphatic carbocycles. The van der Waals surface area contributed by atoms with Gasteiger partial charge >= 0.3 is 12.2 Å². The standard InChI is InChI=1S/C23H28Cl2N2O3.C19H28N2O5.C17H24N2O4.C15H24N2O2.ClH/c1-26(23(29)15-17-4-9-20(24)21(25)14-17)22(16-27-10-2-3-11-27)18-5-7-19(8-6-18)30-13-12-28;1-19(2,3)26-18(24)20-16(17(23)21-10-4-5-11-21)14-6-8-15(9-7-14)25-13-12-22;1-17(2,3)23-16(22)18-14(12-6-8-13(20)9-7-12)15(21)19-10-4-5-11-19;1-16-15(12-17-8-2-3-9-17)13-4-6-14(7-5-13)19-11-10-18;/h4-9,14,22,28H,2-3,10-13,15-16H2,1H3;6-9,16,22H,4-5,10-13H2,1-3H3,(H,20,24);6-9,14,20H,4-5,10-11H2,1-3H3,(H,18,22);4-7,15-16,18H,2-3,8-12H2,1H3;1H/t22-;16-;14-;15-;/m1001./s1. The maximum Gasteiger partial charge on any atom is 0.408 e. The molecule has 7 N–H and O–H groups in total. The maximum atomic E-state index is 13.1. The Hall–Kier alpha value is -7.12. The predicted molar refractivity (Wildman–Crippen MR) is 387 cm³/mol. The summed E-state index contributed by atoms with van der Waals surface area (Å²) < 4.78 is 26.7. The molecule has 4 aliphatic rings. The average molecular weight is 1440 g/mol. The summed E-state index contributed by atoms with van der Waals surface area (Å²) in [7, 11) is 3.87. The number of rotatable bonds is 25. The van der Waals surface area contributed by atoms with Crippen LogP contribution in [0.2, 0.25) is 10.0 Å². The fourth-order valence-corrected chi connectivity index (χ4v) is 11.9. The molecule has 0 aromatic heterocycles. The molecule has 0 spiro atoms. The molecule has 22 nitrogen and oxygen atoms in total. The number of hydrogen-bond donors (Lipinski definition) is 7. The van der Waals surface area contributed by atoms with Crippen molar-refractivity contribution in [3.05, 3.63) is 153 Å². The van der Waals surface area contributed by atoms with E-state index < -0.39 is 35.5 Å². The van der Waals surface area contributed by atoms with Crippen LogP contribution >= 0.6 is 35.6 Å². The van der Waals surface area contributed by atoms with Gasteiger partial charge in [0.05, 0.1) is 42.3 Å². The smallest absolute Gasteiger partial charge is 0.408 e. The third-order valence-corrected chi connectivity index (χ3v) is 17.3. The fraction of sp³-hybridized carbons (Fsp3) is 0.527. The van der Waals surface area contributed by atoms with Crippen molar-refractivity contribution < 1.29 is 68.1 Å². The van der Waals surface area contributed by atoms with Crippen LogP contribution in [0.4, 0.5) is 9.59 Å². The second-order valence-electron chi connectivity index (χ2n) is 26.5. The SMILES string of the molecule is CC(C)(C)OC(=O)N[C@H](C(=O)N1CCCC1)c1ccc(O)cc1.CC(C)(C)OC(=O)N[C@H](C(=O)N1CCCC1)c1ccc(OCCO)cc1.CN(C(=O)Cc1ccc(Cl)c(Cl)c1)[C@H](CN1CCCC1)c1ccc(OCCO)cc1.CN[C@H](CN1CCCC1)c1ccc(OCCO)cc1.Cl. The molecule has 0 radical (unpaired) electrons. The summed E-state index contributed by atoms with van der Waals surface area (Å²) >= 11 is 12.1. The minimum Gasteiger partial charge on any atom is -0.508 e. The molecule has 0 unspecified atom stereocenters. The van der Waals surface area contributed by atoms with Crippen LogP contribution in [0.25, 0.3) is 0 Å². The molecule has 5 amide bonds. The van der Waals surface area contributed by atoms with Gasteiger partial charge in [-0.2, -0.15) is 0 Å². The van der Waals surface area contributed by atoms with Crippen molar-refractivity contribution in [3.8, 4) is 23.0 Å². The number of alkyl carbamates (subject to hydrolysis) is 2. The summed E-state index contributed by atoms with van der Waals surface area (Å²) in [6, 6.07) is 33.1. The van der Waals surface area contributed by atoms with Crippen LogP contribution in [0.5, 0.6) is 23.0 Å². The van der Waals surface area contributed by atoms with Crippen LogP contribution in [-0.4, -0.2) is 205 Å². The second-order valence-corrected chi connectivity index (χ2v) is 27.4. The number of likely N-dealkylation sites (N-methyl/N-ethyl adjacent to an activating group) is 2. The number of amides is 5. The molecule has 99 heavy (non-hydrogen) atoms. The molecular formula is C74H105Cl3N8O14. The molecule has 546 valence electrons. The Bertz CT molecular complexity index is 3210. The van der Waals surface area contributed by atoms with E-state index in [2.05, 4.69) is 37.9 Å². The summed E-state index contributed by atoms with van der Waals surface area (Å²) in [5, 5.41) is 45.6. The molecule has 5 aromatic rings. The summed E-state index contributed by atoms with van der Waals surface area (Å²) in [5.74, 6) is 1.95. The number of carbonyl (C=O) groups is 5. The number of phenolic OH excluding ortho intramolecular Hbond substituents is 1. The van der Waals surface area contributed by atoms with Crippen molar-refractivity contribution >= 4 is 65.5 Å². The molecule has 4 atom stereocenters. The Morgan fingerprint density at radius 2 is 0.869 bits per heavy atom. The number of phenols is 1. The molecule has 4 fully saturated rings. The van der Waals surface area contributed by atoms with Crippen LogP contribution in [0.3, 0.4) is 0 Å². The lowest BCUT2D eigenvalue weighted by Gasteiger charge is -2.32. The minimum absolute atomic E-state index is 0. The summed E-state index contributed by atoms with van der Waals surface area (Å²) in [5.41, 5.74) is 3.17. The number of hydrogen-bond acceptors (Lipinski definition) is 17.